The Bertz CT molecular complexity index is 348. The van der Waals surface area contributed by atoms with E-state index in [1.807, 2.05) is 12.2 Å². The van der Waals surface area contributed by atoms with Gasteiger partial charge in [0.25, 0.3) is 0 Å². The molecule has 0 aromatic heterocycles. The Balaban J connectivity index is 2.51. The van der Waals surface area contributed by atoms with E-state index in [9.17, 15) is 9.59 Å². The molecule has 0 saturated heterocycles. The summed E-state index contributed by atoms with van der Waals surface area (Å²) in [4.78, 5) is 23.3. The number of amides is 1. The van der Waals surface area contributed by atoms with Crippen molar-refractivity contribution in [2.45, 2.75) is 39.0 Å². The van der Waals surface area contributed by atoms with Gasteiger partial charge in [-0.05, 0) is 31.6 Å². The van der Waals surface area contributed by atoms with Gasteiger partial charge in [0.05, 0.1) is 11.8 Å². The molecule has 3 atom stereocenters. The molecular weight excluding hydrogens is 258 g/mol. The fourth-order valence-corrected chi connectivity index (χ4v) is 2.69. The van der Waals surface area contributed by atoms with Gasteiger partial charge in [-0.1, -0.05) is 25.5 Å². The lowest BCUT2D eigenvalue weighted by molar-refractivity contribution is -0.147. The Kier molecular flexibility index (Phi) is 7.30. The number of carbonyl (C=O) groups is 2. The van der Waals surface area contributed by atoms with Gasteiger partial charge in [-0.2, -0.15) is 0 Å². The number of aliphatic carboxylic acids is 1. The lowest BCUT2D eigenvalue weighted by atomic mass is 9.82. The van der Waals surface area contributed by atoms with E-state index in [-0.39, 0.29) is 18.4 Å². The Morgan fingerprint density at radius 3 is 2.45 bits per heavy atom. The normalized spacial score (nSPS) is 23.3. The molecule has 0 aliphatic heterocycles. The molecule has 0 fully saturated rings. The third-order valence-electron chi connectivity index (χ3n) is 3.89. The van der Waals surface area contributed by atoms with Crippen LogP contribution in [0.5, 0.6) is 0 Å². The smallest absolute Gasteiger partial charge is 0.307 e. The maximum atomic E-state index is 12.2. The average Bonchev–Trinajstić information content (AvgIpc) is 2.45. The highest BCUT2D eigenvalue weighted by Gasteiger charge is 2.33. The molecule has 0 bridgehead atoms. The summed E-state index contributed by atoms with van der Waals surface area (Å²) >= 11 is 0. The van der Waals surface area contributed by atoms with Crippen LogP contribution < -0.4 is 5.32 Å². The molecule has 0 aromatic carbocycles. The maximum Gasteiger partial charge on any atom is 0.307 e. The van der Waals surface area contributed by atoms with Crippen LogP contribution in [0, 0.1) is 17.8 Å². The van der Waals surface area contributed by atoms with Gasteiger partial charge >= 0.3 is 5.97 Å². The highest BCUT2D eigenvalue weighted by molar-refractivity contribution is 5.85. The molecule has 1 aliphatic carbocycles. The third kappa shape index (κ3) is 4.96. The summed E-state index contributed by atoms with van der Waals surface area (Å²) in [6.07, 6.45) is 7.23. The zero-order chi connectivity index (χ0) is 15.0. The SMILES string of the molecule is CCCC(CCO)CNC(=O)[C@@H]1CC=CC[C@@H]1C(=O)O. The van der Waals surface area contributed by atoms with Crippen LogP contribution >= 0.6 is 0 Å². The molecule has 0 heterocycles. The maximum absolute atomic E-state index is 12.2. The number of carbonyl (C=O) groups excluding carboxylic acids is 1. The quantitative estimate of drug-likeness (QED) is 0.590. The lowest BCUT2D eigenvalue weighted by Gasteiger charge is -2.25. The summed E-state index contributed by atoms with van der Waals surface area (Å²) in [5.74, 6) is -1.93. The number of carboxylic acid groups (broad SMARTS) is 1. The minimum absolute atomic E-state index is 0.116. The number of hydrogen-bond acceptors (Lipinski definition) is 3. The van der Waals surface area contributed by atoms with Crippen molar-refractivity contribution in [1.29, 1.82) is 0 Å². The molecule has 0 aromatic rings. The molecule has 20 heavy (non-hydrogen) atoms. The summed E-state index contributed by atoms with van der Waals surface area (Å²) in [6, 6.07) is 0. The van der Waals surface area contributed by atoms with Crippen LogP contribution in [0.15, 0.2) is 12.2 Å². The highest BCUT2D eigenvalue weighted by Crippen LogP contribution is 2.26. The summed E-state index contributed by atoms with van der Waals surface area (Å²) in [5.41, 5.74) is 0. The van der Waals surface area contributed by atoms with Crippen LogP contribution in [-0.2, 0) is 9.59 Å². The number of aliphatic hydroxyl groups is 1. The molecule has 0 radical (unpaired) electrons. The topological polar surface area (TPSA) is 86.6 Å². The van der Waals surface area contributed by atoms with E-state index >= 15 is 0 Å². The number of rotatable bonds is 8. The molecule has 1 amide bonds. The Labute approximate surface area is 120 Å². The number of aliphatic hydroxyl groups excluding tert-OH is 1. The third-order valence-corrected chi connectivity index (χ3v) is 3.89. The van der Waals surface area contributed by atoms with E-state index in [4.69, 9.17) is 10.2 Å². The van der Waals surface area contributed by atoms with E-state index < -0.39 is 17.8 Å². The van der Waals surface area contributed by atoms with Crippen molar-refractivity contribution in [1.82, 2.24) is 5.32 Å². The van der Waals surface area contributed by atoms with Crippen molar-refractivity contribution < 1.29 is 19.8 Å². The molecule has 1 rings (SSSR count). The van der Waals surface area contributed by atoms with E-state index in [0.29, 0.717) is 25.8 Å². The van der Waals surface area contributed by atoms with E-state index in [2.05, 4.69) is 12.2 Å². The molecule has 3 N–H and O–H groups in total. The van der Waals surface area contributed by atoms with Crippen LogP contribution in [0.2, 0.25) is 0 Å². The van der Waals surface area contributed by atoms with Crippen molar-refractivity contribution >= 4 is 11.9 Å². The van der Waals surface area contributed by atoms with Crippen molar-refractivity contribution in [2.24, 2.45) is 17.8 Å². The predicted molar refractivity (Wildman–Crippen MR) is 76.1 cm³/mol. The van der Waals surface area contributed by atoms with Gasteiger partial charge in [0.15, 0.2) is 0 Å². The van der Waals surface area contributed by atoms with Gasteiger partial charge in [-0.25, -0.2) is 0 Å². The fourth-order valence-electron chi connectivity index (χ4n) is 2.69. The summed E-state index contributed by atoms with van der Waals surface area (Å²) in [6.45, 7) is 2.70. The second kappa shape index (κ2) is 8.74. The van der Waals surface area contributed by atoms with Gasteiger partial charge in [0.2, 0.25) is 5.91 Å². The molecule has 1 unspecified atom stereocenters. The van der Waals surface area contributed by atoms with Gasteiger partial charge in [-0.3, -0.25) is 9.59 Å². The van der Waals surface area contributed by atoms with Crippen LogP contribution in [0.4, 0.5) is 0 Å². The van der Waals surface area contributed by atoms with Crippen molar-refractivity contribution in [3.05, 3.63) is 12.2 Å². The van der Waals surface area contributed by atoms with Crippen LogP contribution in [0.25, 0.3) is 0 Å². The molecule has 1 aliphatic rings. The molecule has 114 valence electrons. The predicted octanol–water partition coefficient (Wildman–Crippen LogP) is 1.57. The number of carboxylic acids is 1. The molecule has 5 nitrogen and oxygen atoms in total. The summed E-state index contributed by atoms with van der Waals surface area (Å²) in [7, 11) is 0. The largest absolute Gasteiger partial charge is 0.481 e. The van der Waals surface area contributed by atoms with E-state index in [1.165, 1.54) is 0 Å². The summed E-state index contributed by atoms with van der Waals surface area (Å²) in [5, 5.41) is 21.0. The summed E-state index contributed by atoms with van der Waals surface area (Å²) < 4.78 is 0. The number of allylic oxidation sites excluding steroid dienone is 2. The molecule has 0 saturated carbocycles. The van der Waals surface area contributed by atoms with Gasteiger partial charge in [0.1, 0.15) is 0 Å². The van der Waals surface area contributed by atoms with Gasteiger partial charge < -0.3 is 15.5 Å². The number of hydrogen-bond donors (Lipinski definition) is 3. The first kappa shape index (κ1) is 16.7. The van der Waals surface area contributed by atoms with Crippen molar-refractivity contribution in [2.75, 3.05) is 13.2 Å². The fraction of sp³-hybridized carbons (Fsp3) is 0.733. The van der Waals surface area contributed by atoms with Crippen LogP contribution in [-0.4, -0.2) is 35.2 Å². The van der Waals surface area contributed by atoms with Gasteiger partial charge in [-0.15, -0.1) is 0 Å². The lowest BCUT2D eigenvalue weighted by Crippen LogP contribution is -2.40. The minimum Gasteiger partial charge on any atom is -0.481 e. The second-order valence-electron chi connectivity index (χ2n) is 5.41. The minimum atomic E-state index is -0.907. The molecule has 0 spiro atoms. The first-order valence-corrected chi connectivity index (χ1v) is 7.36. The monoisotopic (exact) mass is 283 g/mol. The number of nitrogens with one attached hydrogen (secondary N) is 1. The zero-order valence-corrected chi connectivity index (χ0v) is 12.0. The zero-order valence-electron chi connectivity index (χ0n) is 12.0. The van der Waals surface area contributed by atoms with Gasteiger partial charge in [0, 0.05) is 13.2 Å². The highest BCUT2D eigenvalue weighted by atomic mass is 16.4. The standard InChI is InChI=1S/C15H25NO4/c1-2-5-11(8-9-17)10-16-14(18)12-6-3-4-7-13(12)15(19)20/h3-4,11-13,17H,2,5-10H2,1H3,(H,16,18)(H,19,20)/t11?,12-,13+/m1/s1. The van der Waals surface area contributed by atoms with E-state index in [0.717, 1.165) is 12.8 Å². The average molecular weight is 283 g/mol. The van der Waals surface area contributed by atoms with E-state index in [1.54, 1.807) is 0 Å². The second-order valence-corrected chi connectivity index (χ2v) is 5.41. The van der Waals surface area contributed by atoms with Crippen molar-refractivity contribution in [3.63, 3.8) is 0 Å². The van der Waals surface area contributed by atoms with Crippen LogP contribution in [0.3, 0.4) is 0 Å². The first-order chi connectivity index (χ1) is 9.60. The van der Waals surface area contributed by atoms with Crippen molar-refractivity contribution in [3.8, 4) is 0 Å². The Morgan fingerprint density at radius 1 is 1.25 bits per heavy atom. The first-order valence-electron chi connectivity index (χ1n) is 7.36. The molecular formula is C15H25NO4. The van der Waals surface area contributed by atoms with Crippen LogP contribution in [0.1, 0.15) is 39.0 Å². The Morgan fingerprint density at radius 2 is 1.90 bits per heavy atom. The Hall–Kier alpha value is -1.36. The molecule has 5 heteroatoms.